The van der Waals surface area contributed by atoms with Gasteiger partial charge in [0.15, 0.2) is 0 Å². The standard InChI is InChI=1S/C19H18N4O3/c1-26-17-5-3-2-4-16(17)23-11-10-22(19(23)25)13-18(24)21-15-8-6-14(12-20)7-9-15/h2-9H,10-11,13H2,1H3,(H,21,24). The number of amides is 3. The van der Waals surface area contributed by atoms with Crippen LogP contribution in [-0.2, 0) is 4.79 Å². The van der Waals surface area contributed by atoms with Crippen molar-refractivity contribution in [3.8, 4) is 11.8 Å². The maximum absolute atomic E-state index is 12.6. The summed E-state index contributed by atoms with van der Waals surface area (Å²) >= 11 is 0. The van der Waals surface area contributed by atoms with Gasteiger partial charge in [0.2, 0.25) is 5.91 Å². The quantitative estimate of drug-likeness (QED) is 0.897. The van der Waals surface area contributed by atoms with Crippen molar-refractivity contribution in [2.75, 3.05) is 37.0 Å². The van der Waals surface area contributed by atoms with E-state index in [2.05, 4.69) is 5.32 Å². The Balaban J connectivity index is 1.63. The number of nitriles is 1. The number of nitrogens with zero attached hydrogens (tertiary/aromatic N) is 3. The van der Waals surface area contributed by atoms with Gasteiger partial charge in [-0.1, -0.05) is 12.1 Å². The second kappa shape index (κ2) is 7.57. The average molecular weight is 350 g/mol. The van der Waals surface area contributed by atoms with Crippen LogP contribution in [-0.4, -0.2) is 43.6 Å². The van der Waals surface area contributed by atoms with E-state index in [0.717, 1.165) is 0 Å². The summed E-state index contributed by atoms with van der Waals surface area (Å²) in [5.74, 6) is 0.328. The molecular weight excluding hydrogens is 332 g/mol. The molecule has 0 bridgehead atoms. The van der Waals surface area contributed by atoms with Gasteiger partial charge in [0.1, 0.15) is 12.3 Å². The molecular formula is C19H18N4O3. The molecule has 1 fully saturated rings. The lowest BCUT2D eigenvalue weighted by Crippen LogP contribution is -2.37. The summed E-state index contributed by atoms with van der Waals surface area (Å²) in [5.41, 5.74) is 1.79. The van der Waals surface area contributed by atoms with Gasteiger partial charge >= 0.3 is 6.03 Å². The van der Waals surface area contributed by atoms with Gasteiger partial charge in [-0.05, 0) is 36.4 Å². The van der Waals surface area contributed by atoms with Crippen LogP contribution in [0.15, 0.2) is 48.5 Å². The highest BCUT2D eigenvalue weighted by Gasteiger charge is 2.32. The Morgan fingerprint density at radius 1 is 1.19 bits per heavy atom. The molecule has 0 radical (unpaired) electrons. The van der Waals surface area contributed by atoms with E-state index in [1.165, 1.54) is 4.90 Å². The van der Waals surface area contributed by atoms with Crippen LogP contribution in [0.5, 0.6) is 5.75 Å². The number of urea groups is 1. The van der Waals surface area contributed by atoms with E-state index >= 15 is 0 Å². The first-order valence-corrected chi connectivity index (χ1v) is 8.12. The predicted octanol–water partition coefficient (Wildman–Crippen LogP) is 2.45. The van der Waals surface area contributed by atoms with Gasteiger partial charge in [-0.25, -0.2) is 4.79 Å². The van der Waals surface area contributed by atoms with Gasteiger partial charge in [-0.3, -0.25) is 9.69 Å². The minimum absolute atomic E-state index is 0.0372. The molecule has 2 aromatic rings. The number of nitrogens with one attached hydrogen (secondary N) is 1. The number of para-hydroxylation sites is 2. The van der Waals surface area contributed by atoms with Crippen LogP contribution in [0.4, 0.5) is 16.2 Å². The van der Waals surface area contributed by atoms with E-state index in [1.807, 2.05) is 24.3 Å². The van der Waals surface area contributed by atoms with Crippen molar-refractivity contribution < 1.29 is 14.3 Å². The highest BCUT2D eigenvalue weighted by atomic mass is 16.5. The molecule has 132 valence electrons. The zero-order valence-electron chi connectivity index (χ0n) is 14.3. The lowest BCUT2D eigenvalue weighted by molar-refractivity contribution is -0.116. The van der Waals surface area contributed by atoms with Crippen LogP contribution in [0.25, 0.3) is 0 Å². The van der Waals surface area contributed by atoms with E-state index in [0.29, 0.717) is 35.8 Å². The van der Waals surface area contributed by atoms with Gasteiger partial charge in [-0.15, -0.1) is 0 Å². The zero-order valence-corrected chi connectivity index (χ0v) is 14.3. The Bertz CT molecular complexity index is 858. The fourth-order valence-electron chi connectivity index (χ4n) is 2.81. The monoisotopic (exact) mass is 350 g/mol. The highest BCUT2D eigenvalue weighted by molar-refractivity contribution is 6.00. The van der Waals surface area contributed by atoms with Crippen molar-refractivity contribution in [3.63, 3.8) is 0 Å². The molecule has 1 N–H and O–H groups in total. The van der Waals surface area contributed by atoms with E-state index in [9.17, 15) is 9.59 Å². The lowest BCUT2D eigenvalue weighted by Gasteiger charge is -2.20. The third-order valence-electron chi connectivity index (χ3n) is 4.10. The van der Waals surface area contributed by atoms with Crippen molar-refractivity contribution in [1.82, 2.24) is 4.90 Å². The molecule has 0 spiro atoms. The fraction of sp³-hybridized carbons (Fsp3) is 0.211. The topological polar surface area (TPSA) is 85.7 Å². The molecule has 0 aliphatic carbocycles. The summed E-state index contributed by atoms with van der Waals surface area (Å²) in [4.78, 5) is 27.9. The molecule has 1 saturated heterocycles. The third kappa shape index (κ3) is 3.59. The van der Waals surface area contributed by atoms with Crippen molar-refractivity contribution in [2.24, 2.45) is 0 Å². The first kappa shape index (κ1) is 17.3. The van der Waals surface area contributed by atoms with E-state index in [1.54, 1.807) is 42.3 Å². The molecule has 0 aromatic heterocycles. The first-order chi connectivity index (χ1) is 12.6. The number of rotatable bonds is 5. The largest absolute Gasteiger partial charge is 0.495 e. The van der Waals surface area contributed by atoms with Gasteiger partial charge < -0.3 is 15.0 Å². The maximum Gasteiger partial charge on any atom is 0.325 e. The SMILES string of the molecule is COc1ccccc1N1CCN(CC(=O)Nc2ccc(C#N)cc2)C1=O. The van der Waals surface area contributed by atoms with Crippen molar-refractivity contribution in [3.05, 3.63) is 54.1 Å². The smallest absolute Gasteiger partial charge is 0.325 e. The van der Waals surface area contributed by atoms with E-state index in [4.69, 9.17) is 10.00 Å². The van der Waals surface area contributed by atoms with Crippen molar-refractivity contribution in [1.29, 1.82) is 5.26 Å². The van der Waals surface area contributed by atoms with Crippen LogP contribution in [0.1, 0.15) is 5.56 Å². The van der Waals surface area contributed by atoms with Crippen molar-refractivity contribution in [2.45, 2.75) is 0 Å². The molecule has 1 aliphatic rings. The summed E-state index contributed by atoms with van der Waals surface area (Å²) in [5, 5.41) is 11.5. The summed E-state index contributed by atoms with van der Waals surface area (Å²) in [6, 6.07) is 15.6. The average Bonchev–Trinajstić information content (AvgIpc) is 3.02. The molecule has 3 rings (SSSR count). The van der Waals surface area contributed by atoms with Gasteiger partial charge in [0.25, 0.3) is 0 Å². The van der Waals surface area contributed by atoms with Crippen LogP contribution >= 0.6 is 0 Å². The number of hydrogen-bond acceptors (Lipinski definition) is 4. The molecule has 0 unspecified atom stereocenters. The number of methoxy groups -OCH3 is 1. The number of benzene rings is 2. The second-order valence-corrected chi connectivity index (χ2v) is 5.76. The lowest BCUT2D eigenvalue weighted by atomic mass is 10.2. The fourth-order valence-corrected chi connectivity index (χ4v) is 2.81. The molecule has 1 heterocycles. The van der Waals surface area contributed by atoms with Gasteiger partial charge in [0.05, 0.1) is 24.4 Å². The number of anilines is 2. The molecule has 3 amide bonds. The molecule has 26 heavy (non-hydrogen) atoms. The summed E-state index contributed by atoms with van der Waals surface area (Å²) < 4.78 is 5.31. The Kier molecular flexibility index (Phi) is 5.04. The Morgan fingerprint density at radius 3 is 2.62 bits per heavy atom. The Hall–Kier alpha value is -3.53. The molecule has 2 aromatic carbocycles. The maximum atomic E-state index is 12.6. The minimum Gasteiger partial charge on any atom is -0.495 e. The second-order valence-electron chi connectivity index (χ2n) is 5.76. The summed E-state index contributed by atoms with van der Waals surface area (Å²) in [7, 11) is 1.56. The first-order valence-electron chi connectivity index (χ1n) is 8.12. The predicted molar refractivity (Wildman–Crippen MR) is 97.1 cm³/mol. The van der Waals surface area contributed by atoms with E-state index < -0.39 is 0 Å². The molecule has 1 aliphatic heterocycles. The summed E-state index contributed by atoms with van der Waals surface area (Å²) in [6.45, 7) is 0.908. The van der Waals surface area contributed by atoms with Crippen LogP contribution in [0.2, 0.25) is 0 Å². The van der Waals surface area contributed by atoms with Crippen LogP contribution < -0.4 is 15.0 Å². The van der Waals surface area contributed by atoms with Crippen molar-refractivity contribution >= 4 is 23.3 Å². The third-order valence-corrected chi connectivity index (χ3v) is 4.10. The normalized spacial score (nSPS) is 13.5. The van der Waals surface area contributed by atoms with E-state index in [-0.39, 0.29) is 18.5 Å². The molecule has 0 saturated carbocycles. The van der Waals surface area contributed by atoms with Gasteiger partial charge in [-0.2, -0.15) is 5.26 Å². The Labute approximate surface area is 151 Å². The van der Waals surface area contributed by atoms with Gasteiger partial charge in [0, 0.05) is 18.8 Å². The highest BCUT2D eigenvalue weighted by Crippen LogP contribution is 2.30. The molecule has 0 atom stereocenters. The number of carbonyl (C=O) groups excluding carboxylic acids is 2. The van der Waals surface area contributed by atoms with Crippen LogP contribution in [0.3, 0.4) is 0 Å². The molecule has 7 heteroatoms. The molecule has 7 nitrogen and oxygen atoms in total. The number of ether oxygens (including phenoxy) is 1. The number of hydrogen-bond donors (Lipinski definition) is 1. The Morgan fingerprint density at radius 2 is 1.92 bits per heavy atom. The zero-order chi connectivity index (χ0) is 18.5. The van der Waals surface area contributed by atoms with Crippen LogP contribution in [0, 0.1) is 11.3 Å². The number of carbonyl (C=O) groups is 2. The minimum atomic E-state index is -0.287. The summed E-state index contributed by atoms with van der Waals surface area (Å²) in [6.07, 6.45) is 0.